The van der Waals surface area contributed by atoms with Gasteiger partial charge in [-0.25, -0.2) is 4.39 Å². The fraction of sp³-hybridized carbons (Fsp3) is 0.429. The van der Waals surface area contributed by atoms with Crippen molar-refractivity contribution >= 4 is 5.91 Å². The number of hydrogen-bond donors (Lipinski definition) is 1. The van der Waals surface area contributed by atoms with Crippen molar-refractivity contribution in [1.29, 1.82) is 5.26 Å². The molecule has 1 aromatic carbocycles. The average molecular weight is 263 g/mol. The second-order valence-electron chi connectivity index (χ2n) is 4.44. The molecule has 0 unspecified atom stereocenters. The van der Waals surface area contributed by atoms with E-state index in [1.807, 2.05) is 13.0 Å². The summed E-state index contributed by atoms with van der Waals surface area (Å²) in [5, 5.41) is 11.7. The molecular formula is C14H18FN3O. The van der Waals surface area contributed by atoms with Crippen molar-refractivity contribution in [3.63, 3.8) is 0 Å². The standard InChI is InChI=1S/C14H18FN3O/c1-3-6-17-14(19)10-18(2)9-12-7-13(15)5-4-11(12)8-16/h4-5,7H,3,6,9-10H2,1-2H3,(H,17,19). The molecule has 5 heteroatoms. The van der Waals surface area contributed by atoms with Crippen molar-refractivity contribution in [3.05, 3.63) is 35.1 Å². The van der Waals surface area contributed by atoms with E-state index in [9.17, 15) is 9.18 Å². The first-order chi connectivity index (χ1) is 9.06. The number of amides is 1. The normalized spacial score (nSPS) is 10.3. The molecule has 1 N–H and O–H groups in total. The highest BCUT2D eigenvalue weighted by molar-refractivity contribution is 5.77. The molecule has 0 spiro atoms. The molecule has 0 heterocycles. The Kier molecular flexibility index (Phi) is 5.97. The number of nitrogens with zero attached hydrogens (tertiary/aromatic N) is 2. The lowest BCUT2D eigenvalue weighted by molar-refractivity contribution is -0.122. The summed E-state index contributed by atoms with van der Waals surface area (Å²) in [5.74, 6) is -0.447. The van der Waals surface area contributed by atoms with Crippen LogP contribution in [0.5, 0.6) is 0 Å². The van der Waals surface area contributed by atoms with E-state index in [2.05, 4.69) is 5.32 Å². The molecule has 1 rings (SSSR count). The van der Waals surface area contributed by atoms with Crippen LogP contribution < -0.4 is 5.32 Å². The Balaban J connectivity index is 2.62. The Bertz CT molecular complexity index is 482. The molecule has 1 aromatic rings. The number of rotatable bonds is 6. The van der Waals surface area contributed by atoms with Gasteiger partial charge in [0.2, 0.25) is 5.91 Å². The van der Waals surface area contributed by atoms with Crippen LogP contribution in [-0.2, 0) is 11.3 Å². The van der Waals surface area contributed by atoms with Crippen LogP contribution in [0.15, 0.2) is 18.2 Å². The van der Waals surface area contributed by atoms with Gasteiger partial charge in [0.25, 0.3) is 0 Å². The second-order valence-corrected chi connectivity index (χ2v) is 4.44. The summed E-state index contributed by atoms with van der Waals surface area (Å²) in [5.41, 5.74) is 1.02. The van der Waals surface area contributed by atoms with E-state index in [1.165, 1.54) is 18.2 Å². The quantitative estimate of drug-likeness (QED) is 0.849. The van der Waals surface area contributed by atoms with Crippen molar-refractivity contribution in [3.8, 4) is 6.07 Å². The summed E-state index contributed by atoms with van der Waals surface area (Å²) in [4.78, 5) is 13.3. The summed E-state index contributed by atoms with van der Waals surface area (Å²) >= 11 is 0. The van der Waals surface area contributed by atoms with Crippen LogP contribution in [-0.4, -0.2) is 30.9 Å². The Morgan fingerprint density at radius 2 is 2.26 bits per heavy atom. The molecule has 0 fully saturated rings. The maximum absolute atomic E-state index is 13.2. The van der Waals surface area contributed by atoms with Gasteiger partial charge in [0.15, 0.2) is 0 Å². The van der Waals surface area contributed by atoms with Crippen molar-refractivity contribution in [2.24, 2.45) is 0 Å². The zero-order valence-corrected chi connectivity index (χ0v) is 11.2. The lowest BCUT2D eigenvalue weighted by atomic mass is 10.1. The maximum Gasteiger partial charge on any atom is 0.234 e. The Morgan fingerprint density at radius 3 is 2.89 bits per heavy atom. The van der Waals surface area contributed by atoms with Gasteiger partial charge in [0.05, 0.1) is 18.2 Å². The molecule has 4 nitrogen and oxygen atoms in total. The molecule has 19 heavy (non-hydrogen) atoms. The zero-order chi connectivity index (χ0) is 14.3. The van der Waals surface area contributed by atoms with E-state index in [4.69, 9.17) is 5.26 Å². The fourth-order valence-electron chi connectivity index (χ4n) is 1.71. The molecule has 0 aliphatic heterocycles. The lowest BCUT2D eigenvalue weighted by Crippen LogP contribution is -2.35. The minimum absolute atomic E-state index is 0.0701. The van der Waals surface area contributed by atoms with Gasteiger partial charge in [-0.15, -0.1) is 0 Å². The van der Waals surface area contributed by atoms with Crippen LogP contribution in [0.1, 0.15) is 24.5 Å². The van der Waals surface area contributed by atoms with Crippen molar-refractivity contribution in [2.75, 3.05) is 20.1 Å². The van der Waals surface area contributed by atoms with Gasteiger partial charge in [-0.1, -0.05) is 6.92 Å². The first kappa shape index (κ1) is 15.1. The number of hydrogen-bond acceptors (Lipinski definition) is 3. The molecular weight excluding hydrogens is 245 g/mol. The van der Waals surface area contributed by atoms with Crippen molar-refractivity contribution < 1.29 is 9.18 Å². The van der Waals surface area contributed by atoms with Gasteiger partial charge < -0.3 is 5.32 Å². The third kappa shape index (κ3) is 5.06. The Morgan fingerprint density at radius 1 is 1.53 bits per heavy atom. The van der Waals surface area contributed by atoms with E-state index >= 15 is 0 Å². The van der Waals surface area contributed by atoms with Crippen LogP contribution in [0.4, 0.5) is 4.39 Å². The summed E-state index contributed by atoms with van der Waals surface area (Å²) < 4.78 is 13.2. The smallest absolute Gasteiger partial charge is 0.234 e. The minimum Gasteiger partial charge on any atom is -0.355 e. The SMILES string of the molecule is CCCNC(=O)CN(C)Cc1cc(F)ccc1C#N. The maximum atomic E-state index is 13.2. The summed E-state index contributed by atoms with van der Waals surface area (Å²) in [6.45, 7) is 3.22. The largest absolute Gasteiger partial charge is 0.355 e. The topological polar surface area (TPSA) is 56.1 Å². The third-order valence-electron chi connectivity index (χ3n) is 2.61. The van der Waals surface area contributed by atoms with Gasteiger partial charge in [-0.05, 0) is 37.2 Å². The summed E-state index contributed by atoms with van der Waals surface area (Å²) in [7, 11) is 1.76. The molecule has 0 saturated carbocycles. The van der Waals surface area contributed by atoms with Gasteiger partial charge >= 0.3 is 0 Å². The average Bonchev–Trinajstić information content (AvgIpc) is 2.36. The van der Waals surface area contributed by atoms with Crippen LogP contribution in [0.25, 0.3) is 0 Å². The molecule has 1 amide bonds. The first-order valence-electron chi connectivity index (χ1n) is 6.20. The highest BCUT2D eigenvalue weighted by Gasteiger charge is 2.10. The predicted molar refractivity (Wildman–Crippen MR) is 70.7 cm³/mol. The van der Waals surface area contributed by atoms with E-state index in [0.717, 1.165) is 6.42 Å². The molecule has 0 saturated heterocycles. The molecule has 0 aromatic heterocycles. The van der Waals surface area contributed by atoms with Gasteiger partial charge in [0.1, 0.15) is 5.82 Å². The van der Waals surface area contributed by atoms with Crippen LogP contribution in [0.2, 0.25) is 0 Å². The number of carbonyl (C=O) groups is 1. The highest BCUT2D eigenvalue weighted by atomic mass is 19.1. The second kappa shape index (κ2) is 7.49. The third-order valence-corrected chi connectivity index (χ3v) is 2.61. The zero-order valence-electron chi connectivity index (χ0n) is 11.2. The van der Waals surface area contributed by atoms with Crippen LogP contribution >= 0.6 is 0 Å². The molecule has 0 aliphatic carbocycles. The van der Waals surface area contributed by atoms with E-state index < -0.39 is 0 Å². The Hall–Kier alpha value is -1.93. The monoisotopic (exact) mass is 263 g/mol. The minimum atomic E-state index is -0.377. The van der Waals surface area contributed by atoms with E-state index in [1.54, 1.807) is 11.9 Å². The molecule has 0 aliphatic rings. The molecule has 0 bridgehead atoms. The summed E-state index contributed by atoms with van der Waals surface area (Å²) in [6, 6.07) is 6.07. The number of nitrogens with one attached hydrogen (secondary N) is 1. The van der Waals surface area contributed by atoms with E-state index in [0.29, 0.717) is 24.2 Å². The van der Waals surface area contributed by atoms with Crippen LogP contribution in [0.3, 0.4) is 0 Å². The van der Waals surface area contributed by atoms with Gasteiger partial charge in [0, 0.05) is 13.1 Å². The molecule has 0 atom stereocenters. The predicted octanol–water partition coefficient (Wildman–Crippen LogP) is 1.66. The first-order valence-corrected chi connectivity index (χ1v) is 6.20. The number of halogens is 1. The molecule has 0 radical (unpaired) electrons. The fourth-order valence-corrected chi connectivity index (χ4v) is 1.71. The number of carbonyl (C=O) groups excluding carboxylic acids is 1. The van der Waals surface area contributed by atoms with Gasteiger partial charge in [-0.2, -0.15) is 5.26 Å². The summed E-state index contributed by atoms with van der Waals surface area (Å²) in [6.07, 6.45) is 0.887. The number of likely N-dealkylation sites (N-methyl/N-ethyl adjacent to an activating group) is 1. The van der Waals surface area contributed by atoms with Crippen molar-refractivity contribution in [1.82, 2.24) is 10.2 Å². The van der Waals surface area contributed by atoms with Crippen LogP contribution in [0, 0.1) is 17.1 Å². The lowest BCUT2D eigenvalue weighted by Gasteiger charge is -2.17. The number of benzene rings is 1. The number of nitriles is 1. The van der Waals surface area contributed by atoms with E-state index in [-0.39, 0.29) is 18.3 Å². The van der Waals surface area contributed by atoms with Crippen molar-refractivity contribution in [2.45, 2.75) is 19.9 Å². The molecule has 102 valence electrons. The van der Waals surface area contributed by atoms with Gasteiger partial charge in [-0.3, -0.25) is 9.69 Å². The Labute approximate surface area is 112 Å². The highest BCUT2D eigenvalue weighted by Crippen LogP contribution is 2.12.